The first-order valence-electron chi connectivity index (χ1n) is 11.8. The molecule has 5 atom stereocenters. The zero-order valence-corrected chi connectivity index (χ0v) is 23.2. The molecule has 0 saturated carbocycles. The molecule has 1 aliphatic heterocycles. The van der Waals surface area contributed by atoms with E-state index in [9.17, 15) is 22.8 Å². The van der Waals surface area contributed by atoms with Crippen LogP contribution in [-0.4, -0.2) is 69.4 Å². The van der Waals surface area contributed by atoms with E-state index in [0.29, 0.717) is 4.90 Å². The maximum Gasteiger partial charge on any atom is 0.303 e. The van der Waals surface area contributed by atoms with Gasteiger partial charge in [0, 0.05) is 37.6 Å². The van der Waals surface area contributed by atoms with Crippen LogP contribution in [0.3, 0.4) is 0 Å². The number of pyridine rings is 1. The molecule has 1 fully saturated rings. The number of benzene rings is 1. The highest BCUT2D eigenvalue weighted by Gasteiger charge is 2.50. The molecule has 3 unspecified atom stereocenters. The summed E-state index contributed by atoms with van der Waals surface area (Å²) in [5.74, 6) is -5.77. The van der Waals surface area contributed by atoms with Crippen LogP contribution >= 0.6 is 23.4 Å². The maximum atomic E-state index is 13.9. The number of nitrogens with zero attached hydrogens (tertiary/aromatic N) is 5. The molecule has 0 aliphatic carbocycles. The summed E-state index contributed by atoms with van der Waals surface area (Å²) in [4.78, 5) is 28.3. The topological polar surface area (TPSA) is 138 Å². The first-order valence-corrected chi connectivity index (χ1v) is 13.1. The van der Waals surface area contributed by atoms with Gasteiger partial charge in [-0.05, 0) is 18.2 Å². The van der Waals surface area contributed by atoms with Crippen molar-refractivity contribution in [2.24, 2.45) is 0 Å². The first kappa shape index (κ1) is 30.3. The average molecular weight is 612 g/mol. The number of methoxy groups -OCH3 is 1. The number of carbonyl (C=O) groups excluding carboxylic acids is 2. The number of thioether (sulfide) groups is 1. The van der Waals surface area contributed by atoms with Gasteiger partial charge in [0.1, 0.15) is 42.1 Å². The number of esters is 2. The summed E-state index contributed by atoms with van der Waals surface area (Å²) >= 11 is 7.25. The van der Waals surface area contributed by atoms with Crippen molar-refractivity contribution >= 4 is 35.3 Å². The monoisotopic (exact) mass is 611 g/mol. The van der Waals surface area contributed by atoms with Crippen molar-refractivity contribution in [3.8, 4) is 17.3 Å². The molecular formula is C25H21ClF3N5O6S. The van der Waals surface area contributed by atoms with Crippen LogP contribution in [0.2, 0.25) is 5.02 Å². The van der Waals surface area contributed by atoms with E-state index in [-0.39, 0.29) is 28.6 Å². The third-order valence-corrected chi connectivity index (χ3v) is 7.31. The summed E-state index contributed by atoms with van der Waals surface area (Å²) in [5, 5.41) is 17.3. The summed E-state index contributed by atoms with van der Waals surface area (Å²) < 4.78 is 65.3. The number of carbonyl (C=O) groups is 2. The molecule has 0 amide bonds. The lowest BCUT2D eigenvalue weighted by Crippen LogP contribution is -2.57. The van der Waals surface area contributed by atoms with Crippen LogP contribution in [0.4, 0.5) is 13.2 Å². The van der Waals surface area contributed by atoms with Gasteiger partial charge in [-0.15, -0.1) is 5.10 Å². The van der Waals surface area contributed by atoms with Gasteiger partial charge in [0.15, 0.2) is 29.2 Å². The number of ether oxygens (including phenoxy) is 4. The van der Waals surface area contributed by atoms with Crippen LogP contribution in [-0.2, 0) is 28.5 Å². The lowest BCUT2D eigenvalue weighted by Gasteiger charge is -2.44. The minimum atomic E-state index is -1.63. The zero-order chi connectivity index (χ0) is 29.8. The Kier molecular flexibility index (Phi) is 9.49. The Morgan fingerprint density at radius 1 is 1.17 bits per heavy atom. The highest BCUT2D eigenvalue weighted by Crippen LogP contribution is 2.41. The maximum absolute atomic E-state index is 13.9. The Morgan fingerprint density at radius 2 is 1.88 bits per heavy atom. The van der Waals surface area contributed by atoms with Gasteiger partial charge >= 0.3 is 11.9 Å². The van der Waals surface area contributed by atoms with E-state index >= 15 is 0 Å². The van der Waals surface area contributed by atoms with Crippen molar-refractivity contribution in [2.75, 3.05) is 13.7 Å². The fourth-order valence-corrected chi connectivity index (χ4v) is 5.62. The molecule has 3 aromatic rings. The number of rotatable bonds is 8. The van der Waals surface area contributed by atoms with Crippen molar-refractivity contribution in [2.45, 2.75) is 48.5 Å². The van der Waals surface area contributed by atoms with Gasteiger partial charge in [-0.3, -0.25) is 9.59 Å². The van der Waals surface area contributed by atoms with Gasteiger partial charge in [0.05, 0.1) is 11.2 Å². The van der Waals surface area contributed by atoms with E-state index in [0.717, 1.165) is 23.9 Å². The normalized spacial score (nSPS) is 22.1. The van der Waals surface area contributed by atoms with Gasteiger partial charge in [-0.1, -0.05) is 28.6 Å². The van der Waals surface area contributed by atoms with Crippen molar-refractivity contribution in [3.63, 3.8) is 0 Å². The Bertz CT molecular complexity index is 1480. The minimum absolute atomic E-state index is 0.0190. The minimum Gasteiger partial charge on any atom is -0.463 e. The molecule has 216 valence electrons. The molecule has 41 heavy (non-hydrogen) atoms. The molecule has 11 nitrogen and oxygen atoms in total. The summed E-state index contributed by atoms with van der Waals surface area (Å²) in [6.07, 6.45) is -0.386. The molecular weight excluding hydrogens is 591 g/mol. The molecule has 0 N–H and O–H groups in total. The molecule has 1 aliphatic rings. The highest BCUT2D eigenvalue weighted by molar-refractivity contribution is 7.99. The summed E-state index contributed by atoms with van der Waals surface area (Å²) in [6.45, 7) is 2.05. The van der Waals surface area contributed by atoms with Crippen LogP contribution < -0.4 is 0 Å². The molecule has 0 spiro atoms. The van der Waals surface area contributed by atoms with Crippen LogP contribution in [0.1, 0.15) is 25.6 Å². The van der Waals surface area contributed by atoms with Gasteiger partial charge in [-0.25, -0.2) is 22.8 Å². The molecule has 1 aromatic carbocycles. The first-order chi connectivity index (χ1) is 19.5. The van der Waals surface area contributed by atoms with E-state index in [1.807, 2.05) is 6.07 Å². The number of nitriles is 1. The summed E-state index contributed by atoms with van der Waals surface area (Å²) in [5.41, 5.74) is -0.974. The average Bonchev–Trinajstić information content (AvgIpc) is 3.40. The molecule has 0 radical (unpaired) electrons. The second kappa shape index (κ2) is 12.9. The fraction of sp³-hybridized carbons (Fsp3) is 0.360. The van der Waals surface area contributed by atoms with Crippen molar-refractivity contribution < 1.29 is 41.7 Å². The van der Waals surface area contributed by atoms with Crippen LogP contribution in [0, 0.1) is 28.8 Å². The van der Waals surface area contributed by atoms with E-state index < -0.39 is 59.2 Å². The SMILES string of the molecule is COC1C(n2cc(-c3cc(F)c(F)c(F)c3)nn2)[C@@H](OC(C)=O)C(COC(C)=O)O[C@@H]1Sc1cnc(C#N)c(Cl)c1. The van der Waals surface area contributed by atoms with Gasteiger partial charge in [0.25, 0.3) is 0 Å². The van der Waals surface area contributed by atoms with Gasteiger partial charge < -0.3 is 18.9 Å². The van der Waals surface area contributed by atoms with Crippen molar-refractivity contribution in [1.82, 2.24) is 20.0 Å². The third-order valence-electron chi connectivity index (χ3n) is 5.91. The predicted molar refractivity (Wildman–Crippen MR) is 136 cm³/mol. The van der Waals surface area contributed by atoms with Crippen LogP contribution in [0.25, 0.3) is 11.3 Å². The predicted octanol–water partition coefficient (Wildman–Crippen LogP) is 3.85. The van der Waals surface area contributed by atoms with Crippen LogP contribution in [0.5, 0.6) is 0 Å². The second-order valence-corrected chi connectivity index (χ2v) is 10.3. The van der Waals surface area contributed by atoms with Gasteiger partial charge in [-0.2, -0.15) is 5.26 Å². The van der Waals surface area contributed by atoms with Gasteiger partial charge in [0.2, 0.25) is 0 Å². The van der Waals surface area contributed by atoms with Crippen molar-refractivity contribution in [1.29, 1.82) is 5.26 Å². The summed E-state index contributed by atoms with van der Waals surface area (Å²) in [7, 11) is 1.37. The van der Waals surface area contributed by atoms with E-state index in [2.05, 4.69) is 15.3 Å². The second-order valence-electron chi connectivity index (χ2n) is 8.68. The Hall–Kier alpha value is -3.71. The standard InChI is InChI=1S/C25H21ClF3N5O6S/c1-11(35)38-10-20-23(39-12(2)36)22(34-9-19(32-33-34)13-4-16(27)21(29)17(28)5-13)24(37-3)25(40-20)41-14-6-15(26)18(7-30)31-8-14/h4-6,8-9,20,22-25H,10H2,1-3H3/t20?,22?,23-,24?,25+/m0/s1. The lowest BCUT2D eigenvalue weighted by atomic mass is 9.96. The van der Waals surface area contributed by atoms with Crippen LogP contribution in [0.15, 0.2) is 35.5 Å². The summed E-state index contributed by atoms with van der Waals surface area (Å²) in [6, 6.07) is 3.92. The quantitative estimate of drug-likeness (QED) is 0.271. The Labute approximate surface area is 240 Å². The number of hydrogen-bond acceptors (Lipinski definition) is 11. The molecule has 2 aromatic heterocycles. The molecule has 16 heteroatoms. The molecule has 3 heterocycles. The number of aromatic nitrogens is 4. The Balaban J connectivity index is 1.77. The zero-order valence-electron chi connectivity index (χ0n) is 21.6. The van der Waals surface area contributed by atoms with E-state index in [1.165, 1.54) is 44.1 Å². The van der Waals surface area contributed by atoms with E-state index in [1.54, 1.807) is 0 Å². The molecule has 4 rings (SSSR count). The molecule has 0 bridgehead atoms. The third kappa shape index (κ3) is 6.79. The fourth-order valence-electron chi connectivity index (χ4n) is 4.17. The molecule has 1 saturated heterocycles. The lowest BCUT2D eigenvalue weighted by molar-refractivity contribution is -0.208. The largest absolute Gasteiger partial charge is 0.463 e. The van der Waals surface area contributed by atoms with E-state index in [4.69, 9.17) is 35.8 Å². The number of halogens is 4. The van der Waals surface area contributed by atoms with Crippen molar-refractivity contribution in [3.05, 3.63) is 58.8 Å². The highest BCUT2D eigenvalue weighted by atomic mass is 35.5. The smallest absolute Gasteiger partial charge is 0.303 e. The Morgan fingerprint density at radius 3 is 2.46 bits per heavy atom. The number of hydrogen-bond donors (Lipinski definition) is 0.